The molecule has 2 aliphatic rings. The first-order valence-corrected chi connectivity index (χ1v) is 10.4. The lowest BCUT2D eigenvalue weighted by Crippen LogP contribution is -2.26. The maximum absolute atomic E-state index is 14.0. The van der Waals surface area contributed by atoms with E-state index >= 15 is 0 Å². The Hall–Kier alpha value is -3.60. The van der Waals surface area contributed by atoms with Gasteiger partial charge in [-0.15, -0.1) is 0 Å². The Morgan fingerprint density at radius 3 is 2.42 bits per heavy atom. The molecule has 4 nitrogen and oxygen atoms in total. The highest BCUT2D eigenvalue weighted by atomic mass is 19.1. The molecule has 2 atom stereocenters. The molecule has 1 heterocycles. The number of carbonyl (C=O) groups is 1. The minimum absolute atomic E-state index is 0.0723. The van der Waals surface area contributed by atoms with Gasteiger partial charge in [0.25, 0.3) is 0 Å². The number of hydrogen-bond donors (Lipinski definition) is 2. The number of anilines is 2. The van der Waals surface area contributed by atoms with Gasteiger partial charge >= 0.3 is 0 Å². The van der Waals surface area contributed by atoms with Gasteiger partial charge in [-0.3, -0.25) is 4.79 Å². The quantitative estimate of drug-likeness (QED) is 0.568. The average Bonchev–Trinajstić information content (AvgIpc) is 2.96. The molecule has 0 aromatic heterocycles. The number of Topliss-reactive ketones (excluding diaryl/α,β-unsaturated/α-hetero) is 1. The molecule has 0 spiro atoms. The number of hydrogen-bond acceptors (Lipinski definition) is 4. The van der Waals surface area contributed by atoms with Crippen LogP contribution in [0.15, 0.2) is 84.1 Å². The third-order valence-electron chi connectivity index (χ3n) is 6.08. The van der Waals surface area contributed by atoms with E-state index in [4.69, 9.17) is 4.74 Å². The molecule has 156 valence electrons. The van der Waals surface area contributed by atoms with Crippen LogP contribution < -0.4 is 15.4 Å². The lowest BCUT2D eigenvalue weighted by molar-refractivity contribution is -0.116. The molecule has 0 bridgehead atoms. The van der Waals surface area contributed by atoms with Crippen LogP contribution in [0, 0.1) is 5.82 Å². The first kappa shape index (κ1) is 19.4. The molecule has 5 heteroatoms. The van der Waals surface area contributed by atoms with Crippen molar-refractivity contribution in [2.45, 2.75) is 24.8 Å². The second-order valence-electron chi connectivity index (χ2n) is 8.00. The van der Waals surface area contributed by atoms with Crippen LogP contribution >= 0.6 is 0 Å². The molecule has 3 aromatic carbocycles. The summed E-state index contributed by atoms with van der Waals surface area (Å²) in [6.45, 7) is 0. The minimum atomic E-state index is -0.411. The Morgan fingerprint density at radius 1 is 0.903 bits per heavy atom. The fourth-order valence-electron chi connectivity index (χ4n) is 4.54. The fraction of sp³-hybridized carbons (Fsp3) is 0.192. The zero-order valence-electron chi connectivity index (χ0n) is 17.2. The Bertz CT molecular complexity index is 1170. The predicted molar refractivity (Wildman–Crippen MR) is 120 cm³/mol. The Kier molecular flexibility index (Phi) is 4.94. The number of rotatable bonds is 3. The number of para-hydroxylation sites is 2. The molecule has 0 saturated heterocycles. The van der Waals surface area contributed by atoms with Crippen molar-refractivity contribution in [3.63, 3.8) is 0 Å². The number of ketones is 1. The summed E-state index contributed by atoms with van der Waals surface area (Å²) >= 11 is 0. The first-order chi connectivity index (χ1) is 15.1. The van der Waals surface area contributed by atoms with E-state index in [2.05, 4.69) is 10.6 Å². The number of ether oxygens (including phenoxy) is 1. The Labute approximate surface area is 180 Å². The lowest BCUT2D eigenvalue weighted by atomic mass is 9.78. The molecule has 0 amide bonds. The van der Waals surface area contributed by atoms with Gasteiger partial charge in [-0.25, -0.2) is 4.39 Å². The van der Waals surface area contributed by atoms with Crippen molar-refractivity contribution in [2.75, 3.05) is 17.7 Å². The summed E-state index contributed by atoms with van der Waals surface area (Å²) in [5.74, 6) is 0.626. The van der Waals surface area contributed by atoms with Gasteiger partial charge in [0, 0.05) is 17.7 Å². The van der Waals surface area contributed by atoms with E-state index in [1.807, 2.05) is 54.6 Å². The van der Waals surface area contributed by atoms with E-state index < -0.39 is 6.04 Å². The maximum Gasteiger partial charge on any atom is 0.163 e. The largest absolute Gasteiger partial charge is 0.497 e. The molecule has 3 aromatic rings. The van der Waals surface area contributed by atoms with E-state index in [1.54, 1.807) is 13.2 Å². The van der Waals surface area contributed by atoms with Crippen LogP contribution in [0.1, 0.15) is 35.9 Å². The summed E-state index contributed by atoms with van der Waals surface area (Å²) in [4.78, 5) is 13.5. The van der Waals surface area contributed by atoms with Crippen LogP contribution in [0.3, 0.4) is 0 Å². The summed E-state index contributed by atoms with van der Waals surface area (Å²) in [6, 6.07) is 21.8. The monoisotopic (exact) mass is 414 g/mol. The number of methoxy groups -OCH3 is 1. The van der Waals surface area contributed by atoms with E-state index in [0.717, 1.165) is 33.9 Å². The Morgan fingerprint density at radius 2 is 1.68 bits per heavy atom. The molecule has 2 unspecified atom stereocenters. The molecule has 1 aliphatic carbocycles. The number of carbonyl (C=O) groups excluding carboxylic acids is 1. The van der Waals surface area contributed by atoms with Crippen LogP contribution in [-0.2, 0) is 4.79 Å². The van der Waals surface area contributed by atoms with Gasteiger partial charge in [0.1, 0.15) is 11.6 Å². The second-order valence-corrected chi connectivity index (χ2v) is 8.00. The molecule has 1 aliphatic heterocycles. The maximum atomic E-state index is 14.0. The summed E-state index contributed by atoms with van der Waals surface area (Å²) < 4.78 is 19.3. The number of halogens is 1. The summed E-state index contributed by atoms with van der Waals surface area (Å²) in [6.07, 6.45) is 1.12. The second kappa shape index (κ2) is 7.91. The predicted octanol–water partition coefficient (Wildman–Crippen LogP) is 5.81. The fourth-order valence-corrected chi connectivity index (χ4v) is 4.54. The highest BCUT2D eigenvalue weighted by Gasteiger charge is 2.36. The number of benzene rings is 3. The molecular formula is C26H23FN2O2. The molecule has 0 fully saturated rings. The van der Waals surface area contributed by atoms with Crippen molar-refractivity contribution in [3.8, 4) is 5.75 Å². The molecule has 0 saturated carbocycles. The van der Waals surface area contributed by atoms with Gasteiger partial charge in [-0.2, -0.15) is 0 Å². The smallest absolute Gasteiger partial charge is 0.163 e. The van der Waals surface area contributed by atoms with Gasteiger partial charge in [-0.1, -0.05) is 36.4 Å². The number of allylic oxidation sites excluding steroid dienone is 1. The standard InChI is InChI=1S/C26H23FN2O2/c1-31-20-11-9-16(10-12-20)18-14-23-25(24(30)15-18)26(17-5-4-6-19(27)13-17)29-22-8-3-2-7-21(22)28-23/h2-13,18,26,28-29H,14-15H2,1H3. The summed E-state index contributed by atoms with van der Waals surface area (Å²) in [5.41, 5.74) is 5.23. The molecule has 5 rings (SSSR count). The molecule has 0 radical (unpaired) electrons. The normalized spacial score (nSPS) is 20.1. The van der Waals surface area contributed by atoms with E-state index in [1.165, 1.54) is 12.1 Å². The van der Waals surface area contributed by atoms with Gasteiger partial charge in [0.2, 0.25) is 0 Å². The Balaban J connectivity index is 1.58. The summed E-state index contributed by atoms with van der Waals surface area (Å²) in [5, 5.41) is 6.98. The molecular weight excluding hydrogens is 391 g/mol. The van der Waals surface area contributed by atoms with Crippen LogP contribution in [0.2, 0.25) is 0 Å². The highest BCUT2D eigenvalue weighted by molar-refractivity contribution is 6.01. The van der Waals surface area contributed by atoms with Crippen LogP contribution in [0.4, 0.5) is 15.8 Å². The minimum Gasteiger partial charge on any atom is -0.497 e. The number of fused-ring (bicyclic) bond motifs is 1. The molecule has 31 heavy (non-hydrogen) atoms. The topological polar surface area (TPSA) is 50.4 Å². The van der Waals surface area contributed by atoms with Gasteiger partial charge in [-0.05, 0) is 59.9 Å². The highest BCUT2D eigenvalue weighted by Crippen LogP contribution is 2.44. The average molecular weight is 414 g/mol. The first-order valence-electron chi connectivity index (χ1n) is 10.4. The summed E-state index contributed by atoms with van der Waals surface area (Å²) in [7, 11) is 1.64. The van der Waals surface area contributed by atoms with E-state index in [-0.39, 0.29) is 17.5 Å². The lowest BCUT2D eigenvalue weighted by Gasteiger charge is -2.30. The van der Waals surface area contributed by atoms with Crippen LogP contribution in [0.5, 0.6) is 5.75 Å². The zero-order valence-corrected chi connectivity index (χ0v) is 17.2. The number of nitrogens with one attached hydrogen (secondary N) is 2. The third-order valence-corrected chi connectivity index (χ3v) is 6.08. The van der Waals surface area contributed by atoms with Crippen molar-refractivity contribution < 1.29 is 13.9 Å². The van der Waals surface area contributed by atoms with Crippen molar-refractivity contribution in [2.24, 2.45) is 0 Å². The van der Waals surface area contributed by atoms with Gasteiger partial charge in [0.15, 0.2) is 5.78 Å². The molecule has 2 N–H and O–H groups in total. The van der Waals surface area contributed by atoms with Gasteiger partial charge < -0.3 is 15.4 Å². The van der Waals surface area contributed by atoms with Crippen molar-refractivity contribution in [1.82, 2.24) is 0 Å². The van der Waals surface area contributed by atoms with Gasteiger partial charge in [0.05, 0.1) is 24.5 Å². The van der Waals surface area contributed by atoms with E-state index in [0.29, 0.717) is 18.4 Å². The van der Waals surface area contributed by atoms with Crippen LogP contribution in [-0.4, -0.2) is 12.9 Å². The van der Waals surface area contributed by atoms with Crippen molar-refractivity contribution in [1.29, 1.82) is 0 Å². The van der Waals surface area contributed by atoms with E-state index in [9.17, 15) is 9.18 Å². The van der Waals surface area contributed by atoms with Crippen molar-refractivity contribution >= 4 is 17.2 Å². The zero-order chi connectivity index (χ0) is 21.4. The van der Waals surface area contributed by atoms with Crippen LogP contribution in [0.25, 0.3) is 0 Å². The SMILES string of the molecule is COc1ccc(C2CC(=O)C3=C(C2)Nc2ccccc2NC3c2cccc(F)c2)cc1. The van der Waals surface area contributed by atoms with Crippen molar-refractivity contribution in [3.05, 3.63) is 101 Å². The third kappa shape index (κ3) is 3.67.